The third-order valence-electron chi connectivity index (χ3n) is 6.69. The molecule has 1 nitrogen and oxygen atoms in total. The van der Waals surface area contributed by atoms with Crippen LogP contribution < -0.4 is 0 Å². The molecule has 2 heteroatoms. The molecule has 0 amide bonds. The van der Waals surface area contributed by atoms with E-state index in [0.29, 0.717) is 0 Å². The van der Waals surface area contributed by atoms with Crippen molar-refractivity contribution < 1.29 is 20.1 Å². The zero-order valence-electron chi connectivity index (χ0n) is 15.2. The van der Waals surface area contributed by atoms with Gasteiger partial charge in [0, 0.05) is 26.3 Å². The Kier molecular flexibility index (Phi) is 4.42. The molecule has 1 heterocycles. The van der Waals surface area contributed by atoms with Crippen LogP contribution in [0.2, 0.25) is 0 Å². The Morgan fingerprint density at radius 3 is 2.17 bits per heavy atom. The minimum absolute atomic E-state index is 0. The zero-order chi connectivity index (χ0) is 16.3. The van der Waals surface area contributed by atoms with Crippen LogP contribution in [0.15, 0.2) is 30.5 Å². The second kappa shape index (κ2) is 5.53. The van der Waals surface area contributed by atoms with Gasteiger partial charge in [0.15, 0.2) is 0 Å². The predicted octanol–water partition coefficient (Wildman–Crippen LogP) is 5.45. The Morgan fingerprint density at radius 2 is 1.57 bits per heavy atom. The number of aryl methyl sites for hydroxylation is 1. The number of benzene rings is 1. The molecule has 0 saturated heterocycles. The number of hydrogen-bond acceptors (Lipinski definition) is 1. The van der Waals surface area contributed by atoms with E-state index >= 15 is 0 Å². The number of hydrogen-bond donors (Lipinski definition) is 0. The van der Waals surface area contributed by atoms with Crippen molar-refractivity contribution in [3.63, 3.8) is 0 Å². The first kappa shape index (κ1) is 18.4. The molecule has 23 heavy (non-hydrogen) atoms. The summed E-state index contributed by atoms with van der Waals surface area (Å²) in [7, 11) is 0. The Balaban J connectivity index is 0.00000192. The summed E-state index contributed by atoms with van der Waals surface area (Å²) in [4.78, 5) is 4.56. The van der Waals surface area contributed by atoms with Gasteiger partial charge in [0.05, 0.1) is 0 Å². The smallest absolute Gasteiger partial charge is 0.0160 e. The first-order valence-corrected chi connectivity index (χ1v) is 8.09. The van der Waals surface area contributed by atoms with Crippen molar-refractivity contribution in [1.82, 2.24) is 4.98 Å². The van der Waals surface area contributed by atoms with Gasteiger partial charge in [-0.25, -0.2) is 0 Å². The molecule has 1 aliphatic rings. The van der Waals surface area contributed by atoms with Crippen LogP contribution in [0.25, 0.3) is 11.3 Å². The molecular formula is C21H26IrN-. The Hall–Kier alpha value is -0.981. The van der Waals surface area contributed by atoms with E-state index in [1.807, 2.05) is 12.3 Å². The molecule has 2 aromatic rings. The van der Waals surface area contributed by atoms with Gasteiger partial charge in [-0.05, 0) is 34.9 Å². The van der Waals surface area contributed by atoms with Gasteiger partial charge in [-0.3, -0.25) is 0 Å². The standard InChI is InChI=1S/C21H26N.Ir/c1-14-9-8-12-22-18(14)15-10-11-16-17(13-15)20(4,5)21(6,7)19(16,2)3;/h8-9,11-13H,1-7H3;/q-1;. The Morgan fingerprint density at radius 1 is 0.957 bits per heavy atom. The van der Waals surface area contributed by atoms with Gasteiger partial charge in [-0.15, -0.1) is 34.9 Å². The minimum Gasteiger partial charge on any atom is -0.304 e. The van der Waals surface area contributed by atoms with E-state index in [4.69, 9.17) is 0 Å². The summed E-state index contributed by atoms with van der Waals surface area (Å²) in [6.45, 7) is 16.4. The van der Waals surface area contributed by atoms with Crippen LogP contribution in [0, 0.1) is 18.4 Å². The maximum Gasteiger partial charge on any atom is 0.0160 e. The Labute approximate surface area is 154 Å². The van der Waals surface area contributed by atoms with Crippen LogP contribution in [0.3, 0.4) is 0 Å². The van der Waals surface area contributed by atoms with Gasteiger partial charge >= 0.3 is 0 Å². The van der Waals surface area contributed by atoms with Crippen LogP contribution in [-0.4, -0.2) is 4.98 Å². The molecule has 0 fully saturated rings. The van der Waals surface area contributed by atoms with Gasteiger partial charge < -0.3 is 4.98 Å². The van der Waals surface area contributed by atoms with E-state index < -0.39 is 0 Å². The fourth-order valence-electron chi connectivity index (χ4n) is 3.88. The molecule has 3 rings (SSSR count). The molecule has 0 bridgehead atoms. The second-order valence-electron chi connectivity index (χ2n) is 8.22. The maximum atomic E-state index is 4.56. The van der Waals surface area contributed by atoms with E-state index in [1.54, 1.807) is 0 Å². The van der Waals surface area contributed by atoms with Gasteiger partial charge in [0.2, 0.25) is 0 Å². The Bertz CT molecular complexity index is 741. The fourth-order valence-corrected chi connectivity index (χ4v) is 3.88. The molecule has 0 spiro atoms. The first-order chi connectivity index (χ1) is 10.1. The van der Waals surface area contributed by atoms with Crippen LogP contribution in [0.1, 0.15) is 58.2 Å². The van der Waals surface area contributed by atoms with Gasteiger partial charge in [-0.2, -0.15) is 0 Å². The summed E-state index contributed by atoms with van der Waals surface area (Å²) in [6, 6.07) is 12.1. The number of pyridine rings is 1. The molecule has 1 aliphatic carbocycles. The SMILES string of the molecule is Cc1cccnc1-c1[c-]cc2c(c1)C(C)(C)C(C)(C)C2(C)C.[Ir]. The van der Waals surface area contributed by atoms with Gasteiger partial charge in [0.1, 0.15) is 0 Å². The van der Waals surface area contributed by atoms with Crippen molar-refractivity contribution >= 4 is 0 Å². The summed E-state index contributed by atoms with van der Waals surface area (Å²) in [5.74, 6) is 0. The zero-order valence-corrected chi connectivity index (χ0v) is 17.6. The van der Waals surface area contributed by atoms with Crippen molar-refractivity contribution in [3.05, 3.63) is 53.2 Å². The molecule has 0 saturated carbocycles. The number of fused-ring (bicyclic) bond motifs is 1. The van der Waals surface area contributed by atoms with Crippen molar-refractivity contribution in [2.24, 2.45) is 5.41 Å². The van der Waals surface area contributed by atoms with Crippen LogP contribution >= 0.6 is 0 Å². The molecule has 1 aromatic heterocycles. The van der Waals surface area contributed by atoms with Crippen LogP contribution in [0.5, 0.6) is 0 Å². The molecule has 125 valence electrons. The second-order valence-corrected chi connectivity index (χ2v) is 8.22. The predicted molar refractivity (Wildman–Crippen MR) is 93.1 cm³/mol. The summed E-state index contributed by atoms with van der Waals surface area (Å²) in [5, 5.41) is 0. The van der Waals surface area contributed by atoms with Gasteiger partial charge in [-0.1, -0.05) is 53.2 Å². The quantitative estimate of drug-likeness (QED) is 0.491. The number of aromatic nitrogens is 1. The van der Waals surface area contributed by atoms with E-state index in [1.165, 1.54) is 16.7 Å². The molecule has 1 radical (unpaired) electrons. The molecule has 0 aliphatic heterocycles. The number of rotatable bonds is 1. The summed E-state index contributed by atoms with van der Waals surface area (Å²) in [5.41, 5.74) is 6.68. The molecule has 0 atom stereocenters. The molecule has 0 N–H and O–H groups in total. The van der Waals surface area contributed by atoms with Gasteiger partial charge in [0.25, 0.3) is 0 Å². The summed E-state index contributed by atoms with van der Waals surface area (Å²) >= 11 is 0. The topological polar surface area (TPSA) is 12.9 Å². The monoisotopic (exact) mass is 485 g/mol. The van der Waals surface area contributed by atoms with E-state index in [0.717, 1.165) is 11.3 Å². The van der Waals surface area contributed by atoms with Crippen molar-refractivity contribution in [1.29, 1.82) is 0 Å². The number of nitrogens with zero attached hydrogens (tertiary/aromatic N) is 1. The van der Waals surface area contributed by atoms with Crippen molar-refractivity contribution in [2.75, 3.05) is 0 Å². The average Bonchev–Trinajstić information content (AvgIpc) is 2.56. The molecule has 0 unspecified atom stereocenters. The normalized spacial score (nSPS) is 19.8. The fraction of sp³-hybridized carbons (Fsp3) is 0.476. The summed E-state index contributed by atoms with van der Waals surface area (Å²) < 4.78 is 0. The first-order valence-electron chi connectivity index (χ1n) is 8.09. The third-order valence-corrected chi connectivity index (χ3v) is 6.69. The average molecular weight is 485 g/mol. The third kappa shape index (κ3) is 2.34. The van der Waals surface area contributed by atoms with Crippen molar-refractivity contribution in [2.45, 2.75) is 59.3 Å². The maximum absolute atomic E-state index is 4.56. The largest absolute Gasteiger partial charge is 0.304 e. The van der Waals surface area contributed by atoms with E-state index in [9.17, 15) is 0 Å². The van der Waals surface area contributed by atoms with E-state index in [2.05, 4.69) is 77.7 Å². The van der Waals surface area contributed by atoms with Crippen LogP contribution in [-0.2, 0) is 30.9 Å². The molecular weight excluding hydrogens is 458 g/mol. The van der Waals surface area contributed by atoms with Crippen LogP contribution in [0.4, 0.5) is 0 Å². The molecule has 1 aromatic carbocycles. The van der Waals surface area contributed by atoms with E-state index in [-0.39, 0.29) is 36.4 Å². The summed E-state index contributed by atoms with van der Waals surface area (Å²) in [6.07, 6.45) is 1.86. The minimum atomic E-state index is 0. The van der Waals surface area contributed by atoms with Crippen molar-refractivity contribution in [3.8, 4) is 11.3 Å².